The molecule has 1 rings (SSSR count). The van der Waals surface area contributed by atoms with Gasteiger partial charge in [0.1, 0.15) is 0 Å². The van der Waals surface area contributed by atoms with Crippen LogP contribution in [0.5, 0.6) is 0 Å². The second-order valence-electron chi connectivity index (χ2n) is 4.09. The van der Waals surface area contributed by atoms with E-state index in [2.05, 4.69) is 0 Å². The molecule has 1 atom stereocenters. The van der Waals surface area contributed by atoms with Crippen molar-refractivity contribution in [2.24, 2.45) is 0 Å². The normalized spacial score (nSPS) is 15.1. The lowest BCUT2D eigenvalue weighted by Crippen LogP contribution is -2.08. The second kappa shape index (κ2) is 6.66. The molecule has 19 heavy (non-hydrogen) atoms. The van der Waals surface area contributed by atoms with Gasteiger partial charge in [-0.1, -0.05) is 24.6 Å². The van der Waals surface area contributed by atoms with Gasteiger partial charge in [0.25, 0.3) is 0 Å². The van der Waals surface area contributed by atoms with Crippen LogP contribution in [0.4, 0.5) is 0 Å². The van der Waals surface area contributed by atoms with E-state index >= 15 is 0 Å². The van der Waals surface area contributed by atoms with Gasteiger partial charge in [-0.2, -0.15) is 12.4 Å². The van der Waals surface area contributed by atoms with Crippen molar-refractivity contribution in [1.82, 2.24) is 0 Å². The van der Waals surface area contributed by atoms with E-state index in [4.69, 9.17) is 8.49 Å². The lowest BCUT2D eigenvalue weighted by molar-refractivity contribution is 0.280. The molecule has 108 valence electrons. The van der Waals surface area contributed by atoms with Crippen molar-refractivity contribution in [2.45, 2.75) is 32.1 Å². The van der Waals surface area contributed by atoms with Gasteiger partial charge in [-0.3, -0.25) is 4.57 Å². The summed E-state index contributed by atoms with van der Waals surface area (Å²) in [6.45, 7) is 5.41. The van der Waals surface area contributed by atoms with Crippen LogP contribution < -0.4 is 0 Å². The lowest BCUT2D eigenvalue weighted by atomic mass is 10.2. The zero-order chi connectivity index (χ0) is 14.5. The highest BCUT2D eigenvalue weighted by Crippen LogP contribution is 2.51. The van der Waals surface area contributed by atoms with Crippen LogP contribution in [-0.2, 0) is 23.2 Å². The van der Waals surface area contributed by atoms with E-state index in [1.807, 2.05) is 6.92 Å². The number of hydrogen-bond acceptors (Lipinski definition) is 5. The molecule has 0 aliphatic rings. The first kappa shape index (κ1) is 16.4. The molecular weight excluding hydrogens is 287 g/mol. The molecule has 5 nitrogen and oxygen atoms in total. The van der Waals surface area contributed by atoms with Crippen molar-refractivity contribution in [3.8, 4) is 0 Å². The van der Waals surface area contributed by atoms with Gasteiger partial charge < -0.3 is 4.52 Å². The van der Waals surface area contributed by atoms with Crippen LogP contribution >= 0.6 is 7.60 Å². The summed E-state index contributed by atoms with van der Waals surface area (Å²) in [5, 5.41) is 0. The molecule has 0 amide bonds. The Bertz CT molecular complexity index is 540. The van der Waals surface area contributed by atoms with Crippen LogP contribution in [0.1, 0.15) is 25.8 Å². The predicted octanol–water partition coefficient (Wildman–Crippen LogP) is 3.34. The van der Waals surface area contributed by atoms with E-state index in [0.29, 0.717) is 6.42 Å². The Hall–Kier alpha value is -0.680. The molecule has 0 aromatic heterocycles. The summed E-state index contributed by atoms with van der Waals surface area (Å²) < 4.78 is 46.2. The van der Waals surface area contributed by atoms with E-state index < -0.39 is 17.7 Å². The van der Waals surface area contributed by atoms with Gasteiger partial charge >= 0.3 is 17.7 Å². The molecule has 0 saturated heterocycles. The highest BCUT2D eigenvalue weighted by molar-refractivity contribution is 7.91. The Labute approximate surface area is 114 Å². The first-order chi connectivity index (χ1) is 8.83. The van der Waals surface area contributed by atoms with Crippen molar-refractivity contribution in [1.29, 1.82) is 0 Å². The van der Waals surface area contributed by atoms with E-state index in [0.717, 1.165) is 5.56 Å². The number of benzene rings is 1. The van der Waals surface area contributed by atoms with Crippen LogP contribution in [0.25, 0.3) is 0 Å². The minimum Gasteiger partial charge on any atom is -0.308 e. The fraction of sp³-hybridized carbons (Fsp3) is 0.500. The van der Waals surface area contributed by atoms with Crippen molar-refractivity contribution in [3.05, 3.63) is 29.8 Å². The third-order valence-corrected chi connectivity index (χ3v) is 6.53. The van der Waals surface area contributed by atoms with Crippen LogP contribution in [0.2, 0.25) is 0 Å². The molecule has 0 aliphatic carbocycles. The van der Waals surface area contributed by atoms with Gasteiger partial charge in [-0.05, 0) is 32.4 Å². The Morgan fingerprint density at radius 3 is 2.21 bits per heavy atom. The Balaban J connectivity index is 3.00. The Morgan fingerprint density at radius 1 is 1.16 bits per heavy atom. The first-order valence-electron chi connectivity index (χ1n) is 6.09. The minimum absolute atomic E-state index is 0.0193. The van der Waals surface area contributed by atoms with Gasteiger partial charge in [0, 0.05) is 0 Å². The third-order valence-electron chi connectivity index (χ3n) is 2.34. The van der Waals surface area contributed by atoms with Crippen molar-refractivity contribution in [2.75, 3.05) is 12.8 Å². The van der Waals surface area contributed by atoms with E-state index in [1.54, 1.807) is 26.0 Å². The summed E-state index contributed by atoms with van der Waals surface area (Å²) in [5.74, 6) is 0. The fourth-order valence-corrected chi connectivity index (χ4v) is 5.04. The summed E-state index contributed by atoms with van der Waals surface area (Å²) >= 11 is 0. The second-order valence-corrected chi connectivity index (χ2v) is 8.00. The zero-order valence-corrected chi connectivity index (χ0v) is 13.0. The molecule has 0 N–H and O–H groups in total. The SMILES string of the molecule is CCCP(=O)(OCC)OS(=O)(=O)c1ccc(C)cc1. The van der Waals surface area contributed by atoms with Crippen LogP contribution in [-0.4, -0.2) is 21.2 Å². The van der Waals surface area contributed by atoms with Gasteiger partial charge in [-0.25, -0.2) is 0 Å². The van der Waals surface area contributed by atoms with Crippen molar-refractivity contribution < 1.29 is 21.5 Å². The summed E-state index contributed by atoms with van der Waals surface area (Å²) in [6, 6.07) is 6.16. The summed E-state index contributed by atoms with van der Waals surface area (Å²) in [6.07, 6.45) is 0.590. The van der Waals surface area contributed by atoms with Crippen molar-refractivity contribution in [3.63, 3.8) is 0 Å². The maximum atomic E-state index is 12.2. The molecular formula is C12H19O5PS. The Morgan fingerprint density at radius 2 is 1.74 bits per heavy atom. The van der Waals surface area contributed by atoms with Gasteiger partial charge in [0.2, 0.25) is 0 Å². The average molecular weight is 306 g/mol. The maximum absolute atomic E-state index is 12.2. The van der Waals surface area contributed by atoms with Crippen LogP contribution in [0.15, 0.2) is 29.2 Å². The smallest absolute Gasteiger partial charge is 0.308 e. The summed E-state index contributed by atoms with van der Waals surface area (Å²) in [7, 11) is -7.67. The molecule has 0 radical (unpaired) electrons. The van der Waals surface area contributed by atoms with E-state index in [1.165, 1.54) is 12.1 Å². The van der Waals surface area contributed by atoms with Gasteiger partial charge in [0.05, 0.1) is 17.7 Å². The largest absolute Gasteiger partial charge is 0.345 e. The predicted molar refractivity (Wildman–Crippen MR) is 73.8 cm³/mol. The van der Waals surface area contributed by atoms with Crippen LogP contribution in [0.3, 0.4) is 0 Å². The molecule has 0 heterocycles. The summed E-state index contributed by atoms with van der Waals surface area (Å²) in [4.78, 5) is -0.0193. The molecule has 1 aromatic carbocycles. The molecule has 0 fully saturated rings. The minimum atomic E-state index is -4.07. The third kappa shape index (κ3) is 4.73. The topological polar surface area (TPSA) is 69.7 Å². The van der Waals surface area contributed by atoms with Crippen LogP contribution in [0, 0.1) is 6.92 Å². The molecule has 0 saturated carbocycles. The number of hydrogen-bond donors (Lipinski definition) is 0. The highest BCUT2D eigenvalue weighted by atomic mass is 32.2. The molecule has 1 unspecified atom stereocenters. The quantitative estimate of drug-likeness (QED) is 0.723. The van der Waals surface area contributed by atoms with E-state index in [9.17, 15) is 13.0 Å². The maximum Gasteiger partial charge on any atom is 0.345 e. The first-order valence-corrected chi connectivity index (χ1v) is 9.23. The molecule has 1 aromatic rings. The molecule has 7 heteroatoms. The van der Waals surface area contributed by atoms with E-state index in [-0.39, 0.29) is 17.7 Å². The van der Waals surface area contributed by atoms with Gasteiger partial charge in [0.15, 0.2) is 0 Å². The lowest BCUT2D eigenvalue weighted by Gasteiger charge is -2.16. The average Bonchev–Trinajstić information content (AvgIpc) is 2.28. The fourth-order valence-electron chi connectivity index (χ4n) is 1.49. The monoisotopic (exact) mass is 306 g/mol. The highest BCUT2D eigenvalue weighted by Gasteiger charge is 2.31. The molecule has 0 aliphatic heterocycles. The number of rotatable bonds is 7. The van der Waals surface area contributed by atoms with Crippen molar-refractivity contribution >= 4 is 17.7 Å². The molecule has 0 spiro atoms. The molecule has 0 bridgehead atoms. The number of aryl methyl sites for hydroxylation is 1. The zero-order valence-electron chi connectivity index (χ0n) is 11.3. The summed E-state index contributed by atoms with van der Waals surface area (Å²) in [5.41, 5.74) is 0.931. The Kier molecular flexibility index (Phi) is 5.74. The standard InChI is InChI=1S/C12H19O5PS/c1-4-10-18(13,16-5-2)17-19(14,15)12-8-6-11(3)7-9-12/h6-9H,4-5,10H2,1-3H3. The van der Waals surface area contributed by atoms with Gasteiger partial charge in [-0.15, -0.1) is 0 Å².